The molecule has 1 N–H and O–H groups in total. The second-order valence-corrected chi connectivity index (χ2v) is 11.7. The number of carbonyl (C=O) groups excluding carboxylic acids is 1. The minimum Gasteiger partial charge on any atom is -0.504 e. The normalized spacial score (nSPS) is 19.0. The van der Waals surface area contributed by atoms with E-state index in [0.717, 1.165) is 22.8 Å². The smallest absolute Gasteiger partial charge is 0.414 e. The van der Waals surface area contributed by atoms with E-state index in [4.69, 9.17) is 9.47 Å². The van der Waals surface area contributed by atoms with Gasteiger partial charge in [0, 0.05) is 23.7 Å². The van der Waals surface area contributed by atoms with E-state index in [9.17, 15) is 9.90 Å². The quantitative estimate of drug-likeness (QED) is 0.494. The summed E-state index contributed by atoms with van der Waals surface area (Å²) < 4.78 is 10.9. The van der Waals surface area contributed by atoms with Crippen LogP contribution in [0.25, 0.3) is 0 Å². The fourth-order valence-electron chi connectivity index (χ4n) is 4.14. The first-order valence-corrected chi connectivity index (χ1v) is 13.0. The molecule has 0 aliphatic carbocycles. The summed E-state index contributed by atoms with van der Waals surface area (Å²) in [6.45, 7) is 2.74. The Kier molecular flexibility index (Phi) is 6.33. The van der Waals surface area contributed by atoms with Crippen LogP contribution in [0.2, 0.25) is 0 Å². The predicted octanol–water partition coefficient (Wildman–Crippen LogP) is 6.07. The number of carbonyl (C=O) groups is 1. The maximum atomic E-state index is 12.8. The third kappa shape index (κ3) is 4.41. The molecule has 4 rings (SSSR count). The molecule has 3 aromatic rings. The number of phenolic OH excluding ortho intramolecular Hbond substituents is 1. The monoisotopic (exact) mass is 451 g/mol. The largest absolute Gasteiger partial charge is 0.504 e. The van der Waals surface area contributed by atoms with Gasteiger partial charge in [-0.15, -0.1) is 0 Å². The number of phenols is 1. The van der Waals surface area contributed by atoms with Crippen LogP contribution in [0.15, 0.2) is 71.6 Å². The molecule has 0 aromatic heterocycles. The Balaban J connectivity index is 1.52. The average molecular weight is 452 g/mol. The molecular weight excluding hydrogens is 422 g/mol. The summed E-state index contributed by atoms with van der Waals surface area (Å²) in [5.41, 5.74) is 4.40. The molecule has 1 unspecified atom stereocenters. The zero-order chi connectivity index (χ0) is 22.7. The Morgan fingerprint density at radius 1 is 1.03 bits per heavy atom. The molecule has 1 amide bonds. The third-order valence-electron chi connectivity index (χ3n) is 5.91. The molecular formula is C26H29NO4S. The molecule has 0 radical (unpaired) electrons. The predicted molar refractivity (Wildman–Crippen MR) is 130 cm³/mol. The number of hydrogen-bond acceptors (Lipinski definition) is 4. The Morgan fingerprint density at radius 3 is 2.50 bits per heavy atom. The van der Waals surface area contributed by atoms with Crippen LogP contribution in [0, 0.1) is 0 Å². The minimum atomic E-state index is -1.13. The van der Waals surface area contributed by atoms with Crippen LogP contribution in [0.3, 0.4) is 0 Å². The summed E-state index contributed by atoms with van der Waals surface area (Å²) in [5.74, 6) is 2.57. The topological polar surface area (TPSA) is 59.0 Å². The summed E-state index contributed by atoms with van der Waals surface area (Å²) in [6, 6.07) is 21.6. The van der Waals surface area contributed by atoms with Crippen molar-refractivity contribution in [2.24, 2.45) is 0 Å². The average Bonchev–Trinajstić information content (AvgIpc) is 3.15. The summed E-state index contributed by atoms with van der Waals surface area (Å²) in [7, 11) is 0.439. The van der Waals surface area contributed by atoms with Crippen LogP contribution >= 0.6 is 10.0 Å². The first-order valence-electron chi connectivity index (χ1n) is 10.6. The first kappa shape index (κ1) is 22.1. The highest BCUT2D eigenvalue weighted by Crippen LogP contribution is 2.63. The van der Waals surface area contributed by atoms with Crippen LogP contribution in [-0.2, 0) is 22.8 Å². The second kappa shape index (κ2) is 9.17. The van der Waals surface area contributed by atoms with E-state index < -0.39 is 10.0 Å². The Labute approximate surface area is 190 Å². The molecule has 0 spiro atoms. The molecule has 0 fully saturated rings. The number of rotatable bonds is 6. The first-order chi connectivity index (χ1) is 15.4. The van der Waals surface area contributed by atoms with Crippen molar-refractivity contribution >= 4 is 21.8 Å². The molecule has 3 aromatic carbocycles. The van der Waals surface area contributed by atoms with Crippen molar-refractivity contribution in [2.45, 2.75) is 29.9 Å². The molecule has 168 valence electrons. The third-order valence-corrected chi connectivity index (χ3v) is 9.20. The Hall–Kier alpha value is -3.12. The van der Waals surface area contributed by atoms with Gasteiger partial charge in [-0.1, -0.05) is 36.4 Å². The minimum absolute atomic E-state index is 0.157. The van der Waals surface area contributed by atoms with Gasteiger partial charge in [-0.05, 0) is 65.1 Å². The van der Waals surface area contributed by atoms with E-state index in [-0.39, 0.29) is 18.4 Å². The van der Waals surface area contributed by atoms with Crippen LogP contribution in [0.1, 0.15) is 23.6 Å². The van der Waals surface area contributed by atoms with Gasteiger partial charge in [0.1, 0.15) is 6.61 Å². The van der Waals surface area contributed by atoms with Crippen molar-refractivity contribution in [1.82, 2.24) is 0 Å². The number of fused-ring (bicyclic) bond motifs is 1. The van der Waals surface area contributed by atoms with Gasteiger partial charge in [-0.2, -0.15) is 0 Å². The number of hydrogen-bond donors (Lipinski definition) is 1. The lowest BCUT2D eigenvalue weighted by atomic mass is 10.1. The van der Waals surface area contributed by atoms with Gasteiger partial charge in [0.2, 0.25) is 0 Å². The van der Waals surface area contributed by atoms with E-state index in [1.807, 2.05) is 55.5 Å². The molecule has 0 bridgehead atoms. The summed E-state index contributed by atoms with van der Waals surface area (Å²) >= 11 is 0. The van der Waals surface area contributed by atoms with Gasteiger partial charge in [0.25, 0.3) is 0 Å². The highest BCUT2D eigenvalue weighted by Gasteiger charge is 2.31. The van der Waals surface area contributed by atoms with E-state index >= 15 is 0 Å². The number of benzene rings is 3. The van der Waals surface area contributed by atoms with Crippen molar-refractivity contribution in [1.29, 1.82) is 0 Å². The number of ether oxygens (including phenoxy) is 2. The number of anilines is 1. The summed E-state index contributed by atoms with van der Waals surface area (Å²) in [5, 5.41) is 9.96. The number of nitrogens with zero attached hydrogens (tertiary/aromatic N) is 1. The standard InChI is InChI=1S/C26H29NO4S/c1-4-27(26(29)31-16-19-8-6-5-7-9-19)22-11-10-20-17-32(3,18-21(20)14-22)23-12-13-24(28)25(15-23)30-2/h5-15,28H,4,16-18H2,1-3H3. The molecule has 0 saturated carbocycles. The van der Waals surface area contributed by atoms with E-state index in [0.29, 0.717) is 12.3 Å². The van der Waals surface area contributed by atoms with E-state index in [1.165, 1.54) is 16.0 Å². The lowest BCUT2D eigenvalue weighted by Gasteiger charge is -2.31. The maximum absolute atomic E-state index is 12.8. The van der Waals surface area contributed by atoms with Gasteiger partial charge in [0.05, 0.1) is 7.11 Å². The molecule has 1 atom stereocenters. The second-order valence-electron chi connectivity index (χ2n) is 8.13. The zero-order valence-electron chi connectivity index (χ0n) is 18.7. The lowest BCUT2D eigenvalue weighted by Crippen LogP contribution is -2.31. The van der Waals surface area contributed by atoms with Crippen molar-refractivity contribution in [3.63, 3.8) is 0 Å². The van der Waals surface area contributed by atoms with Crippen LogP contribution in [-0.4, -0.2) is 31.1 Å². The highest BCUT2D eigenvalue weighted by atomic mass is 32.3. The highest BCUT2D eigenvalue weighted by molar-refractivity contribution is 8.32. The van der Waals surface area contributed by atoms with Crippen LogP contribution in [0.4, 0.5) is 10.5 Å². The van der Waals surface area contributed by atoms with Crippen molar-refractivity contribution in [2.75, 3.05) is 24.8 Å². The molecule has 5 nitrogen and oxygen atoms in total. The van der Waals surface area contributed by atoms with Crippen molar-refractivity contribution in [3.8, 4) is 11.5 Å². The molecule has 0 saturated heterocycles. The van der Waals surface area contributed by atoms with Crippen molar-refractivity contribution < 1.29 is 19.4 Å². The molecule has 6 heteroatoms. The number of amides is 1. The van der Waals surface area contributed by atoms with Gasteiger partial charge in [-0.25, -0.2) is 14.8 Å². The van der Waals surface area contributed by atoms with E-state index in [2.05, 4.69) is 18.4 Å². The molecule has 1 aliphatic heterocycles. The molecule has 1 heterocycles. The fourth-order valence-corrected chi connectivity index (χ4v) is 7.29. The number of aromatic hydroxyl groups is 1. The Morgan fingerprint density at radius 2 is 1.78 bits per heavy atom. The molecule has 1 aliphatic rings. The lowest BCUT2D eigenvalue weighted by molar-refractivity contribution is 0.147. The zero-order valence-corrected chi connectivity index (χ0v) is 19.5. The SMILES string of the molecule is CCN(C(=O)OCc1ccccc1)c1ccc2c(c1)CS(C)(c1ccc(O)c(OC)c1)C2. The van der Waals surface area contributed by atoms with Crippen molar-refractivity contribution in [3.05, 3.63) is 83.4 Å². The summed E-state index contributed by atoms with van der Waals surface area (Å²) in [4.78, 5) is 15.7. The van der Waals surface area contributed by atoms with Gasteiger partial charge in [0.15, 0.2) is 11.5 Å². The van der Waals surface area contributed by atoms with E-state index in [1.54, 1.807) is 18.1 Å². The van der Waals surface area contributed by atoms with Crippen LogP contribution in [0.5, 0.6) is 11.5 Å². The van der Waals surface area contributed by atoms with Gasteiger partial charge >= 0.3 is 6.09 Å². The van der Waals surface area contributed by atoms with Crippen LogP contribution < -0.4 is 9.64 Å². The maximum Gasteiger partial charge on any atom is 0.414 e. The number of methoxy groups -OCH3 is 1. The fraction of sp³-hybridized carbons (Fsp3) is 0.269. The van der Waals surface area contributed by atoms with Gasteiger partial charge < -0.3 is 14.6 Å². The Bertz CT molecular complexity index is 1120. The van der Waals surface area contributed by atoms with Gasteiger partial charge in [-0.3, -0.25) is 4.90 Å². The molecule has 32 heavy (non-hydrogen) atoms. The summed E-state index contributed by atoms with van der Waals surface area (Å²) in [6.07, 6.45) is 1.97.